The second-order valence-corrected chi connectivity index (χ2v) is 5.62. The van der Waals surface area contributed by atoms with Crippen molar-refractivity contribution >= 4 is 5.91 Å². The minimum absolute atomic E-state index is 0.00969. The first-order valence-corrected chi connectivity index (χ1v) is 7.66. The van der Waals surface area contributed by atoms with Crippen molar-refractivity contribution < 1.29 is 14.3 Å². The number of ether oxygens (including phenoxy) is 2. The summed E-state index contributed by atoms with van der Waals surface area (Å²) in [6.07, 6.45) is 1.48. The second-order valence-electron chi connectivity index (χ2n) is 5.62. The van der Waals surface area contributed by atoms with Crippen LogP contribution in [-0.4, -0.2) is 42.1 Å². The third-order valence-corrected chi connectivity index (χ3v) is 4.05. The van der Waals surface area contributed by atoms with Gasteiger partial charge in [-0.1, -0.05) is 30.3 Å². The lowest BCUT2D eigenvalue weighted by atomic mass is 10.1. The number of amides is 1. The molecule has 1 aromatic carbocycles. The highest BCUT2D eigenvalue weighted by atomic mass is 16.5. The molecule has 23 heavy (non-hydrogen) atoms. The second kappa shape index (κ2) is 6.79. The summed E-state index contributed by atoms with van der Waals surface area (Å²) in [5.41, 5.74) is 1.47. The van der Waals surface area contributed by atoms with E-state index in [2.05, 4.69) is 4.98 Å². The lowest BCUT2D eigenvalue weighted by molar-refractivity contribution is -0.0488. The van der Waals surface area contributed by atoms with E-state index in [9.17, 15) is 4.79 Å². The normalized spacial score (nSPS) is 21.0. The zero-order chi connectivity index (χ0) is 16.2. The monoisotopic (exact) mass is 312 g/mol. The number of morpholine rings is 1. The summed E-state index contributed by atoms with van der Waals surface area (Å²) in [5, 5.41) is 0. The highest BCUT2D eigenvalue weighted by molar-refractivity contribution is 5.93. The summed E-state index contributed by atoms with van der Waals surface area (Å²) >= 11 is 0. The van der Waals surface area contributed by atoms with E-state index in [4.69, 9.17) is 9.47 Å². The lowest BCUT2D eigenvalue weighted by Gasteiger charge is -2.38. The molecule has 1 saturated heterocycles. The maximum atomic E-state index is 12.8. The maximum Gasteiger partial charge on any atom is 0.273 e. The standard InChI is InChI=1S/C18H20N2O3/c1-13-12-23-17(14-6-4-3-5-7-14)11-20(13)18(21)16-10-15(22-2)8-9-19-16/h3-10,13,17H,11-12H2,1-2H3/t13-,17-/m0/s1. The number of hydrogen-bond donors (Lipinski definition) is 0. The molecule has 2 heterocycles. The minimum atomic E-state index is -0.109. The molecule has 5 heteroatoms. The Bertz CT molecular complexity index is 675. The smallest absolute Gasteiger partial charge is 0.273 e. The van der Waals surface area contributed by atoms with Crippen molar-refractivity contribution in [3.05, 3.63) is 59.9 Å². The Labute approximate surface area is 135 Å². The Kier molecular flexibility index (Phi) is 4.57. The van der Waals surface area contributed by atoms with Gasteiger partial charge in [-0.05, 0) is 18.6 Å². The Morgan fingerprint density at radius 3 is 2.83 bits per heavy atom. The summed E-state index contributed by atoms with van der Waals surface area (Å²) in [6.45, 7) is 3.01. The first kappa shape index (κ1) is 15.5. The molecule has 0 bridgehead atoms. The van der Waals surface area contributed by atoms with Gasteiger partial charge in [-0.3, -0.25) is 9.78 Å². The van der Waals surface area contributed by atoms with Crippen LogP contribution in [-0.2, 0) is 4.74 Å². The van der Waals surface area contributed by atoms with Crippen LogP contribution in [0.5, 0.6) is 5.75 Å². The van der Waals surface area contributed by atoms with E-state index in [1.165, 1.54) is 0 Å². The highest BCUT2D eigenvalue weighted by Gasteiger charge is 2.31. The molecule has 1 aliphatic heterocycles. The number of pyridine rings is 1. The zero-order valence-electron chi connectivity index (χ0n) is 13.3. The fraction of sp³-hybridized carbons (Fsp3) is 0.333. The summed E-state index contributed by atoms with van der Waals surface area (Å²) in [6, 6.07) is 13.4. The van der Waals surface area contributed by atoms with E-state index >= 15 is 0 Å². The first-order chi connectivity index (χ1) is 11.2. The Morgan fingerprint density at radius 1 is 1.30 bits per heavy atom. The van der Waals surface area contributed by atoms with Crippen LogP contribution < -0.4 is 4.74 Å². The zero-order valence-corrected chi connectivity index (χ0v) is 13.3. The van der Waals surface area contributed by atoms with Crippen molar-refractivity contribution in [2.45, 2.75) is 19.1 Å². The van der Waals surface area contributed by atoms with Crippen molar-refractivity contribution in [1.29, 1.82) is 0 Å². The number of hydrogen-bond acceptors (Lipinski definition) is 4. The van der Waals surface area contributed by atoms with Crippen molar-refractivity contribution in [3.63, 3.8) is 0 Å². The number of methoxy groups -OCH3 is 1. The lowest BCUT2D eigenvalue weighted by Crippen LogP contribution is -2.48. The molecule has 0 unspecified atom stereocenters. The Hall–Kier alpha value is -2.40. The third-order valence-electron chi connectivity index (χ3n) is 4.05. The van der Waals surface area contributed by atoms with Gasteiger partial charge in [-0.2, -0.15) is 0 Å². The molecule has 1 aliphatic rings. The van der Waals surface area contributed by atoms with E-state index in [-0.39, 0.29) is 18.1 Å². The maximum absolute atomic E-state index is 12.8. The van der Waals surface area contributed by atoms with Crippen LogP contribution in [0, 0.1) is 0 Å². The average molecular weight is 312 g/mol. The van der Waals surface area contributed by atoms with Crippen molar-refractivity contribution in [2.75, 3.05) is 20.3 Å². The number of benzene rings is 1. The molecule has 3 rings (SSSR count). The van der Waals surface area contributed by atoms with Crippen LogP contribution in [0.1, 0.15) is 29.1 Å². The van der Waals surface area contributed by atoms with Crippen molar-refractivity contribution in [3.8, 4) is 5.75 Å². The van der Waals surface area contributed by atoms with E-state index in [0.717, 1.165) is 5.56 Å². The van der Waals surface area contributed by atoms with Gasteiger partial charge in [0.1, 0.15) is 17.5 Å². The van der Waals surface area contributed by atoms with Crippen molar-refractivity contribution in [2.24, 2.45) is 0 Å². The molecule has 0 spiro atoms. The molecule has 2 atom stereocenters. The summed E-state index contributed by atoms with van der Waals surface area (Å²) in [4.78, 5) is 18.8. The third kappa shape index (κ3) is 3.35. The molecule has 5 nitrogen and oxygen atoms in total. The summed E-state index contributed by atoms with van der Waals surface area (Å²) in [5.74, 6) is 0.532. The molecule has 1 fully saturated rings. The van der Waals surface area contributed by atoms with Crippen LogP contribution >= 0.6 is 0 Å². The van der Waals surface area contributed by atoms with Crippen molar-refractivity contribution in [1.82, 2.24) is 9.88 Å². The van der Waals surface area contributed by atoms with Gasteiger partial charge in [0, 0.05) is 12.3 Å². The Balaban J connectivity index is 1.80. The number of nitrogens with zero attached hydrogens (tertiary/aromatic N) is 2. The van der Waals surface area contributed by atoms with Gasteiger partial charge in [0.25, 0.3) is 5.91 Å². The van der Waals surface area contributed by atoms with Gasteiger partial charge >= 0.3 is 0 Å². The number of carbonyl (C=O) groups is 1. The molecule has 120 valence electrons. The molecule has 1 amide bonds. The number of carbonyl (C=O) groups excluding carboxylic acids is 1. The molecule has 0 radical (unpaired) electrons. The number of aromatic nitrogens is 1. The van der Waals surface area contributed by atoms with Gasteiger partial charge in [0.2, 0.25) is 0 Å². The number of rotatable bonds is 3. The minimum Gasteiger partial charge on any atom is -0.497 e. The van der Waals surface area contributed by atoms with Crippen LogP contribution in [0.4, 0.5) is 0 Å². The predicted octanol–water partition coefficient (Wildman–Crippen LogP) is 2.69. The molecule has 0 N–H and O–H groups in total. The molecule has 1 aromatic heterocycles. The SMILES string of the molecule is COc1ccnc(C(=O)N2C[C@@H](c3ccccc3)OC[C@@H]2C)c1. The van der Waals surface area contributed by atoms with Crippen LogP contribution in [0.3, 0.4) is 0 Å². The van der Waals surface area contributed by atoms with Crippen LogP contribution in [0.15, 0.2) is 48.7 Å². The van der Waals surface area contributed by atoms with Gasteiger partial charge in [-0.15, -0.1) is 0 Å². The largest absolute Gasteiger partial charge is 0.497 e. The quantitative estimate of drug-likeness (QED) is 0.874. The summed E-state index contributed by atoms with van der Waals surface area (Å²) < 4.78 is 11.1. The van der Waals surface area contributed by atoms with Crippen LogP contribution in [0.2, 0.25) is 0 Å². The topological polar surface area (TPSA) is 51.7 Å². The van der Waals surface area contributed by atoms with E-state index in [1.54, 1.807) is 25.4 Å². The van der Waals surface area contributed by atoms with E-state index in [0.29, 0.717) is 24.6 Å². The van der Waals surface area contributed by atoms with Gasteiger partial charge in [-0.25, -0.2) is 0 Å². The fourth-order valence-corrected chi connectivity index (χ4v) is 2.71. The fourth-order valence-electron chi connectivity index (χ4n) is 2.71. The highest BCUT2D eigenvalue weighted by Crippen LogP contribution is 2.26. The van der Waals surface area contributed by atoms with E-state index in [1.807, 2.05) is 42.2 Å². The average Bonchev–Trinajstić information content (AvgIpc) is 2.62. The molecule has 0 aliphatic carbocycles. The molecule has 2 aromatic rings. The van der Waals surface area contributed by atoms with Gasteiger partial charge in [0.15, 0.2) is 0 Å². The Morgan fingerprint density at radius 2 is 2.09 bits per heavy atom. The van der Waals surface area contributed by atoms with Gasteiger partial charge < -0.3 is 14.4 Å². The molecular formula is C18H20N2O3. The van der Waals surface area contributed by atoms with Crippen LogP contribution in [0.25, 0.3) is 0 Å². The molecular weight excluding hydrogens is 292 g/mol. The summed E-state index contributed by atoms with van der Waals surface area (Å²) in [7, 11) is 1.58. The molecule has 0 saturated carbocycles. The first-order valence-electron chi connectivity index (χ1n) is 7.66. The van der Waals surface area contributed by atoms with E-state index < -0.39 is 0 Å². The predicted molar refractivity (Wildman–Crippen MR) is 86.4 cm³/mol. The van der Waals surface area contributed by atoms with Gasteiger partial charge in [0.05, 0.1) is 26.3 Å².